The molecule has 0 aliphatic heterocycles. The fourth-order valence-corrected chi connectivity index (χ4v) is 3.06. The Morgan fingerprint density at radius 1 is 1.20 bits per heavy atom. The largest absolute Gasteiger partial charge is 0.321 e. The lowest BCUT2D eigenvalue weighted by Gasteiger charge is -2.14. The van der Waals surface area contributed by atoms with E-state index in [9.17, 15) is 4.79 Å². The van der Waals surface area contributed by atoms with Gasteiger partial charge in [-0.1, -0.05) is 32.0 Å². The molecule has 1 heterocycles. The van der Waals surface area contributed by atoms with Crippen molar-refractivity contribution in [3.05, 3.63) is 39.6 Å². The molecule has 4 heteroatoms. The van der Waals surface area contributed by atoms with Gasteiger partial charge in [-0.3, -0.25) is 4.79 Å². The minimum absolute atomic E-state index is 0.607. The summed E-state index contributed by atoms with van der Waals surface area (Å²) in [6.45, 7) is 7.05. The summed E-state index contributed by atoms with van der Waals surface area (Å²) in [4.78, 5) is 15.9. The minimum Gasteiger partial charge on any atom is -0.321 e. The van der Waals surface area contributed by atoms with E-state index in [4.69, 9.17) is 0 Å². The first kappa shape index (κ1) is 15.0. The molecule has 0 spiro atoms. The summed E-state index contributed by atoms with van der Waals surface area (Å²) < 4.78 is 2.60. The van der Waals surface area contributed by atoms with Crippen LogP contribution in [-0.4, -0.2) is 15.8 Å². The number of halogens is 1. The SMILES string of the molecule is CCc1cccc(CC)c1-c1nc(Br)c(C=O)n1CC. The molecule has 0 unspecified atom stereocenters. The maximum atomic E-state index is 11.3. The summed E-state index contributed by atoms with van der Waals surface area (Å²) in [5.41, 5.74) is 4.33. The fraction of sp³-hybridized carbons (Fsp3) is 0.375. The standard InChI is InChI=1S/C16H19BrN2O/c1-4-11-8-7-9-12(5-2)14(11)16-18-15(17)13(10-20)19(16)6-3/h7-10H,4-6H2,1-3H3. The van der Waals surface area contributed by atoms with Gasteiger partial charge in [-0.05, 0) is 46.8 Å². The molecule has 2 aromatic rings. The smallest absolute Gasteiger partial charge is 0.169 e. The van der Waals surface area contributed by atoms with Crippen molar-refractivity contribution in [2.24, 2.45) is 0 Å². The van der Waals surface area contributed by atoms with Crippen LogP contribution in [0.2, 0.25) is 0 Å². The van der Waals surface area contributed by atoms with Crippen LogP contribution < -0.4 is 0 Å². The molecule has 106 valence electrons. The third-order valence-corrected chi connectivity index (χ3v) is 4.20. The van der Waals surface area contributed by atoms with Gasteiger partial charge < -0.3 is 4.57 Å². The topological polar surface area (TPSA) is 34.9 Å². The zero-order valence-corrected chi connectivity index (χ0v) is 13.7. The molecule has 1 aromatic carbocycles. The summed E-state index contributed by atoms with van der Waals surface area (Å²) in [6.07, 6.45) is 2.77. The van der Waals surface area contributed by atoms with Crippen LogP contribution in [0, 0.1) is 0 Å². The lowest BCUT2D eigenvalue weighted by Crippen LogP contribution is -2.05. The predicted molar refractivity (Wildman–Crippen MR) is 85.2 cm³/mol. The van der Waals surface area contributed by atoms with Crippen molar-refractivity contribution < 1.29 is 4.79 Å². The highest BCUT2D eigenvalue weighted by Gasteiger charge is 2.19. The van der Waals surface area contributed by atoms with E-state index in [1.54, 1.807) is 0 Å². The Morgan fingerprint density at radius 2 is 1.80 bits per heavy atom. The number of nitrogens with zero attached hydrogens (tertiary/aromatic N) is 2. The first-order valence-electron chi connectivity index (χ1n) is 7.00. The second kappa shape index (κ2) is 6.35. The van der Waals surface area contributed by atoms with E-state index in [0.717, 1.165) is 31.5 Å². The van der Waals surface area contributed by atoms with Crippen LogP contribution >= 0.6 is 15.9 Å². The Balaban J connectivity index is 2.77. The normalized spacial score (nSPS) is 10.8. The highest BCUT2D eigenvalue weighted by atomic mass is 79.9. The predicted octanol–water partition coefficient (Wildman–Crippen LogP) is 4.27. The molecule has 3 nitrogen and oxygen atoms in total. The van der Waals surface area contributed by atoms with Gasteiger partial charge in [0.2, 0.25) is 0 Å². The van der Waals surface area contributed by atoms with E-state index in [1.807, 2.05) is 11.5 Å². The maximum Gasteiger partial charge on any atom is 0.169 e. The van der Waals surface area contributed by atoms with Crippen molar-refractivity contribution in [3.63, 3.8) is 0 Å². The van der Waals surface area contributed by atoms with Crippen LogP contribution in [0.25, 0.3) is 11.4 Å². The van der Waals surface area contributed by atoms with Crippen LogP contribution in [0.3, 0.4) is 0 Å². The third kappa shape index (κ3) is 2.44. The van der Waals surface area contributed by atoms with Crippen molar-refractivity contribution in [1.29, 1.82) is 0 Å². The Hall–Kier alpha value is -1.42. The first-order valence-corrected chi connectivity index (χ1v) is 7.79. The zero-order chi connectivity index (χ0) is 14.7. The van der Waals surface area contributed by atoms with E-state index >= 15 is 0 Å². The lowest BCUT2D eigenvalue weighted by atomic mass is 9.97. The van der Waals surface area contributed by atoms with E-state index in [1.165, 1.54) is 16.7 Å². The molecule has 0 atom stereocenters. The molecule has 0 fully saturated rings. The summed E-state index contributed by atoms with van der Waals surface area (Å²) in [5, 5.41) is 0. The van der Waals surface area contributed by atoms with Crippen molar-refractivity contribution in [2.45, 2.75) is 40.2 Å². The average molecular weight is 335 g/mol. The fourth-order valence-electron chi connectivity index (χ4n) is 2.59. The molecule has 0 N–H and O–H groups in total. The Morgan fingerprint density at radius 3 is 2.25 bits per heavy atom. The summed E-state index contributed by atoms with van der Waals surface area (Å²) in [7, 11) is 0. The van der Waals surface area contributed by atoms with Gasteiger partial charge in [0.05, 0.1) is 0 Å². The number of rotatable bonds is 5. The number of aryl methyl sites for hydroxylation is 2. The van der Waals surface area contributed by atoms with Gasteiger partial charge >= 0.3 is 0 Å². The quantitative estimate of drug-likeness (QED) is 0.765. The number of aldehydes is 1. The second-order valence-corrected chi connectivity index (χ2v) is 5.38. The molecule has 1 aromatic heterocycles. The minimum atomic E-state index is 0.607. The van der Waals surface area contributed by atoms with Crippen molar-refractivity contribution in [2.75, 3.05) is 0 Å². The van der Waals surface area contributed by atoms with Crippen molar-refractivity contribution in [1.82, 2.24) is 9.55 Å². The second-order valence-electron chi connectivity index (χ2n) is 4.63. The number of hydrogen-bond acceptors (Lipinski definition) is 2. The lowest BCUT2D eigenvalue weighted by molar-refractivity contribution is 0.111. The van der Waals surface area contributed by atoms with Gasteiger partial charge in [0.25, 0.3) is 0 Å². The number of benzene rings is 1. The molecule has 0 saturated carbocycles. The van der Waals surface area contributed by atoms with Crippen LogP contribution in [0.1, 0.15) is 42.4 Å². The molecule has 2 rings (SSSR count). The van der Waals surface area contributed by atoms with Crippen LogP contribution in [0.5, 0.6) is 0 Å². The van der Waals surface area contributed by atoms with E-state index < -0.39 is 0 Å². The number of carbonyl (C=O) groups excluding carboxylic acids is 1. The van der Waals surface area contributed by atoms with Gasteiger partial charge in [-0.25, -0.2) is 4.98 Å². The number of carbonyl (C=O) groups is 1. The summed E-state index contributed by atoms with van der Waals surface area (Å²) in [6, 6.07) is 6.37. The zero-order valence-electron chi connectivity index (χ0n) is 12.1. The first-order chi connectivity index (χ1) is 9.67. The van der Waals surface area contributed by atoms with Crippen molar-refractivity contribution >= 4 is 22.2 Å². The number of aromatic nitrogens is 2. The van der Waals surface area contributed by atoms with Gasteiger partial charge in [-0.2, -0.15) is 0 Å². The van der Waals surface area contributed by atoms with E-state index in [0.29, 0.717) is 10.3 Å². The van der Waals surface area contributed by atoms with Gasteiger partial charge in [0, 0.05) is 12.1 Å². The molecule has 0 amide bonds. The molecular formula is C16H19BrN2O. The Bertz CT molecular complexity index is 609. The molecule has 0 saturated heterocycles. The summed E-state index contributed by atoms with van der Waals surface area (Å²) >= 11 is 3.40. The molecule has 0 radical (unpaired) electrons. The Kier molecular flexibility index (Phi) is 4.76. The molecule has 20 heavy (non-hydrogen) atoms. The van der Waals surface area contributed by atoms with Gasteiger partial charge in [-0.15, -0.1) is 0 Å². The van der Waals surface area contributed by atoms with E-state index in [2.05, 4.69) is 53.0 Å². The number of hydrogen-bond donors (Lipinski definition) is 0. The average Bonchev–Trinajstić information content (AvgIpc) is 2.81. The molecular weight excluding hydrogens is 316 g/mol. The number of imidazole rings is 1. The highest BCUT2D eigenvalue weighted by Crippen LogP contribution is 2.31. The van der Waals surface area contributed by atoms with Gasteiger partial charge in [0.15, 0.2) is 6.29 Å². The van der Waals surface area contributed by atoms with Gasteiger partial charge in [0.1, 0.15) is 16.1 Å². The monoisotopic (exact) mass is 334 g/mol. The molecule has 0 aliphatic carbocycles. The maximum absolute atomic E-state index is 11.3. The van der Waals surface area contributed by atoms with Crippen LogP contribution in [0.15, 0.2) is 22.8 Å². The third-order valence-electron chi connectivity index (χ3n) is 3.61. The molecule has 0 bridgehead atoms. The summed E-state index contributed by atoms with van der Waals surface area (Å²) in [5.74, 6) is 0.885. The van der Waals surface area contributed by atoms with Crippen LogP contribution in [-0.2, 0) is 19.4 Å². The Labute approximate surface area is 128 Å². The highest BCUT2D eigenvalue weighted by molar-refractivity contribution is 9.10. The van der Waals surface area contributed by atoms with E-state index in [-0.39, 0.29) is 0 Å². The van der Waals surface area contributed by atoms with Crippen molar-refractivity contribution in [3.8, 4) is 11.4 Å². The molecule has 0 aliphatic rings. The van der Waals surface area contributed by atoms with Crippen LogP contribution in [0.4, 0.5) is 0 Å².